The highest BCUT2D eigenvalue weighted by molar-refractivity contribution is 9.10. The predicted octanol–water partition coefficient (Wildman–Crippen LogP) is 2.63. The van der Waals surface area contributed by atoms with Gasteiger partial charge in [-0.1, -0.05) is 40.5 Å². The first kappa shape index (κ1) is 12.6. The second kappa shape index (κ2) is 6.17. The van der Waals surface area contributed by atoms with Gasteiger partial charge in [-0.05, 0) is 25.5 Å². The van der Waals surface area contributed by atoms with E-state index < -0.39 is 0 Å². The fraction of sp³-hybridized carbons (Fsp3) is 0.462. The molecular weight excluding hydrogens is 282 g/mol. The number of halogens is 1. The number of ether oxygens (including phenoxy) is 1. The lowest BCUT2D eigenvalue weighted by molar-refractivity contribution is -0.148. The third kappa shape index (κ3) is 3.54. The van der Waals surface area contributed by atoms with E-state index in [1.165, 1.54) is 0 Å². The Bertz CT molecular complexity index is 389. The third-order valence-corrected chi connectivity index (χ3v) is 3.70. The van der Waals surface area contributed by atoms with Crippen molar-refractivity contribution in [1.82, 2.24) is 5.32 Å². The number of benzene rings is 1. The average molecular weight is 298 g/mol. The molecule has 1 atom stereocenters. The van der Waals surface area contributed by atoms with Gasteiger partial charge in [0, 0.05) is 10.0 Å². The number of hydrogen-bond donors (Lipinski definition) is 1. The van der Waals surface area contributed by atoms with Crippen molar-refractivity contribution >= 4 is 21.9 Å². The van der Waals surface area contributed by atoms with Crippen LogP contribution in [0.2, 0.25) is 0 Å². The van der Waals surface area contributed by atoms with Crippen LogP contribution in [0.1, 0.15) is 24.8 Å². The molecule has 1 fully saturated rings. The number of nitrogens with one attached hydrogen (secondary N) is 1. The molecule has 0 radical (unpaired) electrons. The zero-order valence-corrected chi connectivity index (χ0v) is 11.2. The van der Waals surface area contributed by atoms with Crippen LogP contribution in [0.3, 0.4) is 0 Å². The Hall–Kier alpha value is -0.870. The minimum absolute atomic E-state index is 0.119. The van der Waals surface area contributed by atoms with Crippen LogP contribution >= 0.6 is 15.9 Å². The standard InChI is InChI=1S/C13H16BrNO2/c14-11-6-2-1-5-10(11)9-17-13(16)12-7-3-4-8-15-12/h1-2,5-6,12,15H,3-4,7-9H2. The SMILES string of the molecule is O=C(OCc1ccccc1Br)C1CCCCN1. The summed E-state index contributed by atoms with van der Waals surface area (Å²) in [6.45, 7) is 1.24. The molecule has 1 heterocycles. The molecule has 1 N–H and O–H groups in total. The summed E-state index contributed by atoms with van der Waals surface area (Å²) in [6, 6.07) is 7.66. The molecule has 2 rings (SSSR count). The van der Waals surface area contributed by atoms with E-state index in [9.17, 15) is 4.79 Å². The highest BCUT2D eigenvalue weighted by Crippen LogP contribution is 2.17. The van der Waals surface area contributed by atoms with Gasteiger partial charge in [-0.25, -0.2) is 0 Å². The summed E-state index contributed by atoms with van der Waals surface area (Å²) < 4.78 is 6.29. The number of hydrogen-bond acceptors (Lipinski definition) is 3. The Labute approximate surface area is 110 Å². The molecule has 0 bridgehead atoms. The summed E-state index contributed by atoms with van der Waals surface area (Å²) >= 11 is 3.44. The van der Waals surface area contributed by atoms with Crippen molar-refractivity contribution in [3.05, 3.63) is 34.3 Å². The van der Waals surface area contributed by atoms with E-state index in [1.54, 1.807) is 0 Å². The van der Waals surface area contributed by atoms with E-state index in [4.69, 9.17) is 4.74 Å². The van der Waals surface area contributed by atoms with Gasteiger partial charge in [0.05, 0.1) is 0 Å². The summed E-state index contributed by atoms with van der Waals surface area (Å²) in [5.41, 5.74) is 0.997. The van der Waals surface area contributed by atoms with Gasteiger partial charge < -0.3 is 10.1 Å². The van der Waals surface area contributed by atoms with Crippen molar-refractivity contribution < 1.29 is 9.53 Å². The first-order chi connectivity index (χ1) is 8.27. The summed E-state index contributed by atoms with van der Waals surface area (Å²) in [5, 5.41) is 3.18. The van der Waals surface area contributed by atoms with Crippen molar-refractivity contribution in [2.45, 2.75) is 31.9 Å². The molecule has 1 aromatic carbocycles. The van der Waals surface area contributed by atoms with Crippen molar-refractivity contribution in [2.24, 2.45) is 0 Å². The monoisotopic (exact) mass is 297 g/mol. The second-order valence-electron chi connectivity index (χ2n) is 4.20. The molecule has 0 spiro atoms. The number of rotatable bonds is 3. The van der Waals surface area contributed by atoms with Crippen molar-refractivity contribution in [3.8, 4) is 0 Å². The van der Waals surface area contributed by atoms with Crippen LogP contribution in [0.25, 0.3) is 0 Å². The van der Waals surface area contributed by atoms with Gasteiger partial charge in [0.15, 0.2) is 0 Å². The highest BCUT2D eigenvalue weighted by atomic mass is 79.9. The molecule has 1 aliphatic heterocycles. The Kier molecular flexibility index (Phi) is 4.57. The van der Waals surface area contributed by atoms with E-state index in [2.05, 4.69) is 21.2 Å². The second-order valence-corrected chi connectivity index (χ2v) is 5.06. The maximum absolute atomic E-state index is 11.8. The largest absolute Gasteiger partial charge is 0.460 e. The van der Waals surface area contributed by atoms with Crippen LogP contribution in [0.15, 0.2) is 28.7 Å². The van der Waals surface area contributed by atoms with Crippen LogP contribution in [-0.4, -0.2) is 18.6 Å². The summed E-state index contributed by atoms with van der Waals surface area (Å²) in [5.74, 6) is -0.138. The minimum atomic E-state index is -0.138. The summed E-state index contributed by atoms with van der Waals surface area (Å²) in [4.78, 5) is 11.8. The lowest BCUT2D eigenvalue weighted by atomic mass is 10.1. The third-order valence-electron chi connectivity index (χ3n) is 2.92. The van der Waals surface area contributed by atoms with E-state index >= 15 is 0 Å². The van der Waals surface area contributed by atoms with Gasteiger partial charge in [-0.2, -0.15) is 0 Å². The molecule has 17 heavy (non-hydrogen) atoms. The molecule has 1 aromatic rings. The first-order valence-electron chi connectivity index (χ1n) is 5.91. The molecule has 1 aliphatic rings. The predicted molar refractivity (Wildman–Crippen MR) is 69.6 cm³/mol. The van der Waals surface area contributed by atoms with E-state index in [0.29, 0.717) is 6.61 Å². The average Bonchev–Trinajstić information content (AvgIpc) is 2.38. The molecular formula is C13H16BrNO2. The summed E-state index contributed by atoms with van der Waals surface area (Å²) in [7, 11) is 0. The normalized spacial score (nSPS) is 19.9. The highest BCUT2D eigenvalue weighted by Gasteiger charge is 2.21. The zero-order chi connectivity index (χ0) is 12.1. The van der Waals surface area contributed by atoms with Crippen LogP contribution in [-0.2, 0) is 16.1 Å². The minimum Gasteiger partial charge on any atom is -0.460 e. The van der Waals surface area contributed by atoms with Crippen LogP contribution in [0, 0.1) is 0 Å². The van der Waals surface area contributed by atoms with Crippen LogP contribution in [0.5, 0.6) is 0 Å². The number of esters is 1. The lowest BCUT2D eigenvalue weighted by Gasteiger charge is -2.21. The molecule has 1 unspecified atom stereocenters. The molecule has 4 heteroatoms. The van der Waals surface area contributed by atoms with Gasteiger partial charge in [0.1, 0.15) is 12.6 Å². The quantitative estimate of drug-likeness (QED) is 0.872. The molecule has 0 aromatic heterocycles. The summed E-state index contributed by atoms with van der Waals surface area (Å²) in [6.07, 6.45) is 3.13. The van der Waals surface area contributed by atoms with Gasteiger partial charge in [0.25, 0.3) is 0 Å². The molecule has 3 nitrogen and oxygen atoms in total. The number of carbonyl (C=O) groups is 1. The van der Waals surface area contributed by atoms with Crippen LogP contribution < -0.4 is 5.32 Å². The van der Waals surface area contributed by atoms with Gasteiger partial charge in [-0.3, -0.25) is 4.79 Å². The molecule has 0 saturated carbocycles. The topological polar surface area (TPSA) is 38.3 Å². The lowest BCUT2D eigenvalue weighted by Crippen LogP contribution is -2.41. The van der Waals surface area contributed by atoms with Crippen LogP contribution in [0.4, 0.5) is 0 Å². The Balaban J connectivity index is 1.85. The van der Waals surface area contributed by atoms with Gasteiger partial charge >= 0.3 is 5.97 Å². The van der Waals surface area contributed by atoms with E-state index in [-0.39, 0.29) is 12.0 Å². The Morgan fingerprint density at radius 2 is 2.24 bits per heavy atom. The Morgan fingerprint density at radius 1 is 1.41 bits per heavy atom. The number of carbonyl (C=O) groups excluding carboxylic acids is 1. The fourth-order valence-electron chi connectivity index (χ4n) is 1.92. The Morgan fingerprint density at radius 3 is 2.94 bits per heavy atom. The molecule has 92 valence electrons. The maximum Gasteiger partial charge on any atom is 0.323 e. The molecule has 1 saturated heterocycles. The first-order valence-corrected chi connectivity index (χ1v) is 6.70. The fourth-order valence-corrected chi connectivity index (χ4v) is 2.32. The van der Waals surface area contributed by atoms with Crippen molar-refractivity contribution in [3.63, 3.8) is 0 Å². The zero-order valence-electron chi connectivity index (χ0n) is 9.62. The molecule has 0 aliphatic carbocycles. The van der Waals surface area contributed by atoms with Crippen molar-refractivity contribution in [1.29, 1.82) is 0 Å². The van der Waals surface area contributed by atoms with Crippen molar-refractivity contribution in [2.75, 3.05) is 6.54 Å². The number of piperidine rings is 1. The maximum atomic E-state index is 11.8. The van der Waals surface area contributed by atoms with Gasteiger partial charge in [-0.15, -0.1) is 0 Å². The molecule has 0 amide bonds. The van der Waals surface area contributed by atoms with Gasteiger partial charge in [0.2, 0.25) is 0 Å². The smallest absolute Gasteiger partial charge is 0.323 e. The van der Waals surface area contributed by atoms with E-state index in [0.717, 1.165) is 35.8 Å². The van der Waals surface area contributed by atoms with E-state index in [1.807, 2.05) is 24.3 Å².